The van der Waals surface area contributed by atoms with E-state index in [0.717, 1.165) is 28.7 Å². The molecule has 3 rings (SSSR count). The van der Waals surface area contributed by atoms with Gasteiger partial charge in [0.2, 0.25) is 10.0 Å². The molecule has 0 aliphatic rings. The molecule has 23 heavy (non-hydrogen) atoms. The van der Waals surface area contributed by atoms with Crippen LogP contribution < -0.4 is 4.72 Å². The van der Waals surface area contributed by atoms with Gasteiger partial charge in [0.25, 0.3) is 0 Å². The first-order valence-electron chi connectivity index (χ1n) is 7.64. The van der Waals surface area contributed by atoms with Crippen molar-refractivity contribution in [2.75, 3.05) is 6.54 Å². The van der Waals surface area contributed by atoms with Crippen molar-refractivity contribution in [3.05, 3.63) is 65.9 Å². The Hall–Kier alpha value is -2.11. The van der Waals surface area contributed by atoms with E-state index < -0.39 is 10.0 Å². The molecule has 0 aliphatic heterocycles. The topological polar surface area (TPSA) is 59.3 Å². The van der Waals surface area contributed by atoms with Gasteiger partial charge in [-0.2, -0.15) is 0 Å². The minimum absolute atomic E-state index is 0.291. The minimum Gasteiger partial charge on any atom is -0.461 e. The van der Waals surface area contributed by atoms with Crippen LogP contribution in [0.4, 0.5) is 0 Å². The molecule has 5 heteroatoms. The molecule has 0 radical (unpaired) electrons. The summed E-state index contributed by atoms with van der Waals surface area (Å²) in [6.07, 6.45) is 1.40. The third-order valence-corrected chi connectivity index (χ3v) is 5.26. The van der Waals surface area contributed by atoms with E-state index >= 15 is 0 Å². The van der Waals surface area contributed by atoms with E-state index in [1.807, 2.05) is 49.4 Å². The maximum absolute atomic E-state index is 12.3. The fraction of sp³-hybridized carbons (Fsp3) is 0.222. The molecule has 2 aromatic carbocycles. The van der Waals surface area contributed by atoms with Crippen molar-refractivity contribution in [1.82, 2.24) is 4.72 Å². The van der Waals surface area contributed by atoms with E-state index in [0.29, 0.717) is 17.9 Å². The molecule has 0 saturated heterocycles. The third-order valence-electron chi connectivity index (χ3n) is 3.78. The molecule has 1 heterocycles. The summed E-state index contributed by atoms with van der Waals surface area (Å²) in [7, 11) is -3.48. The highest BCUT2D eigenvalue weighted by atomic mass is 32.2. The number of hydrogen-bond donors (Lipinski definition) is 1. The second-order valence-electron chi connectivity index (χ2n) is 5.40. The molecule has 0 saturated carbocycles. The van der Waals surface area contributed by atoms with E-state index in [1.54, 1.807) is 12.1 Å². The van der Waals surface area contributed by atoms with Gasteiger partial charge in [-0.1, -0.05) is 37.3 Å². The Morgan fingerprint density at radius 1 is 1.04 bits per heavy atom. The maximum atomic E-state index is 12.3. The highest BCUT2D eigenvalue weighted by Crippen LogP contribution is 2.19. The molecular weight excluding hydrogens is 310 g/mol. The van der Waals surface area contributed by atoms with Gasteiger partial charge in [-0.05, 0) is 36.2 Å². The number of para-hydroxylation sites is 1. The smallest absolute Gasteiger partial charge is 0.240 e. The normalized spacial score (nSPS) is 11.9. The molecule has 0 bridgehead atoms. The standard InChI is InChI=1S/C18H19NO3S/c1-2-14-7-9-17(10-8-14)23(20,21)19-12-11-16-13-15-5-3-4-6-18(15)22-16/h3-10,13,19H,2,11-12H2,1H3. The van der Waals surface area contributed by atoms with E-state index in [2.05, 4.69) is 4.72 Å². The van der Waals surface area contributed by atoms with Crippen molar-refractivity contribution in [3.63, 3.8) is 0 Å². The molecule has 0 fully saturated rings. The van der Waals surface area contributed by atoms with Gasteiger partial charge in [-0.15, -0.1) is 0 Å². The fourth-order valence-electron chi connectivity index (χ4n) is 2.46. The van der Waals surface area contributed by atoms with Gasteiger partial charge >= 0.3 is 0 Å². The molecule has 0 atom stereocenters. The predicted octanol–water partition coefficient (Wildman–Crippen LogP) is 3.52. The van der Waals surface area contributed by atoms with E-state index in [4.69, 9.17) is 4.42 Å². The molecule has 4 nitrogen and oxygen atoms in total. The van der Waals surface area contributed by atoms with Crippen LogP contribution in [0.2, 0.25) is 0 Å². The van der Waals surface area contributed by atoms with Crippen molar-refractivity contribution >= 4 is 21.0 Å². The summed E-state index contributed by atoms with van der Waals surface area (Å²) in [5, 5.41) is 1.03. The monoisotopic (exact) mass is 329 g/mol. The van der Waals surface area contributed by atoms with E-state index in [-0.39, 0.29) is 0 Å². The molecular formula is C18H19NO3S. The SMILES string of the molecule is CCc1ccc(S(=O)(=O)NCCc2cc3ccccc3o2)cc1. The summed E-state index contributed by atoms with van der Waals surface area (Å²) in [6, 6.07) is 16.6. The van der Waals surface area contributed by atoms with Crippen LogP contribution in [0.15, 0.2) is 63.9 Å². The van der Waals surface area contributed by atoms with Crippen molar-refractivity contribution in [1.29, 1.82) is 0 Å². The van der Waals surface area contributed by atoms with Gasteiger partial charge in [0.15, 0.2) is 0 Å². The summed E-state index contributed by atoms with van der Waals surface area (Å²) in [4.78, 5) is 0.291. The van der Waals surface area contributed by atoms with Crippen LogP contribution in [0.5, 0.6) is 0 Å². The van der Waals surface area contributed by atoms with Crippen LogP contribution in [0, 0.1) is 0 Å². The maximum Gasteiger partial charge on any atom is 0.240 e. The zero-order valence-corrected chi connectivity index (χ0v) is 13.8. The highest BCUT2D eigenvalue weighted by molar-refractivity contribution is 7.89. The largest absolute Gasteiger partial charge is 0.461 e. The Morgan fingerprint density at radius 2 is 1.78 bits per heavy atom. The van der Waals surface area contributed by atoms with Crippen molar-refractivity contribution in [2.24, 2.45) is 0 Å². The summed E-state index contributed by atoms with van der Waals surface area (Å²) in [6.45, 7) is 2.34. The molecule has 0 unspecified atom stereocenters. The summed E-state index contributed by atoms with van der Waals surface area (Å²) < 4.78 is 32.8. The zero-order valence-electron chi connectivity index (χ0n) is 13.0. The predicted molar refractivity (Wildman–Crippen MR) is 90.9 cm³/mol. The average molecular weight is 329 g/mol. The summed E-state index contributed by atoms with van der Waals surface area (Å²) in [5.74, 6) is 0.773. The lowest BCUT2D eigenvalue weighted by molar-refractivity contribution is 0.540. The first-order chi connectivity index (χ1) is 11.1. The van der Waals surface area contributed by atoms with Crippen LogP contribution in [0.1, 0.15) is 18.2 Å². The van der Waals surface area contributed by atoms with Crippen molar-refractivity contribution in [2.45, 2.75) is 24.7 Å². The average Bonchev–Trinajstić information content (AvgIpc) is 2.97. The summed E-state index contributed by atoms with van der Waals surface area (Å²) >= 11 is 0. The lowest BCUT2D eigenvalue weighted by atomic mass is 10.2. The molecule has 1 N–H and O–H groups in total. The van der Waals surface area contributed by atoms with Gasteiger partial charge < -0.3 is 4.42 Å². The van der Waals surface area contributed by atoms with Gasteiger partial charge in [-0.3, -0.25) is 0 Å². The van der Waals surface area contributed by atoms with Crippen LogP contribution in [-0.4, -0.2) is 15.0 Å². The first kappa shape index (κ1) is 15.8. The molecule has 1 aromatic heterocycles. The molecule has 0 aliphatic carbocycles. The number of sulfonamides is 1. The Bertz CT molecular complexity index is 862. The number of benzene rings is 2. The first-order valence-corrected chi connectivity index (χ1v) is 9.13. The summed E-state index contributed by atoms with van der Waals surface area (Å²) in [5.41, 5.74) is 1.94. The lowest BCUT2D eigenvalue weighted by Crippen LogP contribution is -2.25. The number of rotatable bonds is 6. The van der Waals surface area contributed by atoms with Crippen LogP contribution in [0.3, 0.4) is 0 Å². The molecule has 120 valence electrons. The Kier molecular flexibility index (Phi) is 4.50. The van der Waals surface area contributed by atoms with E-state index in [1.165, 1.54) is 0 Å². The van der Waals surface area contributed by atoms with Gasteiger partial charge in [-0.25, -0.2) is 13.1 Å². The second kappa shape index (κ2) is 6.56. The molecule has 3 aromatic rings. The van der Waals surface area contributed by atoms with Gasteiger partial charge in [0.05, 0.1) is 4.90 Å². The number of furan rings is 1. The lowest BCUT2D eigenvalue weighted by Gasteiger charge is -2.06. The minimum atomic E-state index is -3.48. The Labute approximate surface area is 136 Å². The number of fused-ring (bicyclic) bond motifs is 1. The van der Waals surface area contributed by atoms with Crippen LogP contribution in [-0.2, 0) is 22.9 Å². The number of nitrogens with one attached hydrogen (secondary N) is 1. The molecule has 0 spiro atoms. The number of aryl methyl sites for hydroxylation is 1. The highest BCUT2D eigenvalue weighted by Gasteiger charge is 2.13. The van der Waals surface area contributed by atoms with Crippen LogP contribution in [0.25, 0.3) is 11.0 Å². The van der Waals surface area contributed by atoms with Gasteiger partial charge in [0.1, 0.15) is 11.3 Å². The third kappa shape index (κ3) is 3.63. The Balaban J connectivity index is 1.64. The van der Waals surface area contributed by atoms with Crippen molar-refractivity contribution in [3.8, 4) is 0 Å². The Morgan fingerprint density at radius 3 is 2.48 bits per heavy atom. The van der Waals surface area contributed by atoms with Gasteiger partial charge in [0, 0.05) is 18.4 Å². The van der Waals surface area contributed by atoms with E-state index in [9.17, 15) is 8.42 Å². The molecule has 0 amide bonds. The number of hydrogen-bond acceptors (Lipinski definition) is 3. The fourth-order valence-corrected chi connectivity index (χ4v) is 3.49. The second-order valence-corrected chi connectivity index (χ2v) is 7.16. The van der Waals surface area contributed by atoms with Crippen molar-refractivity contribution < 1.29 is 12.8 Å². The zero-order chi connectivity index (χ0) is 16.3. The quantitative estimate of drug-likeness (QED) is 0.753. The van der Waals surface area contributed by atoms with Crippen LogP contribution >= 0.6 is 0 Å².